The number of sulfonamides is 1. The molecule has 2 heterocycles. The van der Waals surface area contributed by atoms with Crippen molar-refractivity contribution in [2.45, 2.75) is 30.6 Å². The van der Waals surface area contributed by atoms with Crippen LogP contribution >= 0.6 is 12.4 Å². The summed E-state index contributed by atoms with van der Waals surface area (Å²) in [6.45, 7) is 3.64. The minimum atomic E-state index is -3.66. The number of rotatable bonds is 5. The van der Waals surface area contributed by atoms with Crippen molar-refractivity contribution in [3.05, 3.63) is 30.1 Å². The van der Waals surface area contributed by atoms with Gasteiger partial charge in [0.05, 0.1) is 4.90 Å². The molecule has 0 aliphatic carbocycles. The van der Waals surface area contributed by atoms with Gasteiger partial charge in [-0.1, -0.05) is 0 Å². The maximum atomic E-state index is 13.1. The highest BCUT2D eigenvalue weighted by molar-refractivity contribution is 7.89. The lowest BCUT2D eigenvalue weighted by atomic mass is 10.0. The summed E-state index contributed by atoms with van der Waals surface area (Å²) in [5, 5.41) is 3.31. The molecule has 0 radical (unpaired) electrons. The molecule has 152 valence electrons. The van der Waals surface area contributed by atoms with Crippen LogP contribution in [0.2, 0.25) is 0 Å². The molecule has 1 N–H and O–H groups in total. The Morgan fingerprint density at radius 2 is 1.89 bits per heavy atom. The third kappa shape index (κ3) is 5.63. The number of amides is 1. The zero-order chi connectivity index (χ0) is 18.6. The molecule has 1 unspecified atom stereocenters. The van der Waals surface area contributed by atoms with Crippen molar-refractivity contribution in [2.24, 2.45) is 5.92 Å². The van der Waals surface area contributed by atoms with Crippen LogP contribution in [0.5, 0.6) is 0 Å². The Morgan fingerprint density at radius 1 is 1.15 bits per heavy atom. The maximum absolute atomic E-state index is 13.1. The van der Waals surface area contributed by atoms with Crippen LogP contribution in [-0.4, -0.2) is 62.8 Å². The Labute approximate surface area is 166 Å². The number of carbonyl (C=O) groups is 1. The fraction of sp³-hybridized carbons (Fsp3) is 0.611. The van der Waals surface area contributed by atoms with Gasteiger partial charge < -0.3 is 10.2 Å². The third-order valence-electron chi connectivity index (χ3n) is 5.19. The van der Waals surface area contributed by atoms with Crippen molar-refractivity contribution in [2.75, 3.05) is 39.3 Å². The minimum Gasteiger partial charge on any atom is -0.341 e. The molecule has 9 heteroatoms. The van der Waals surface area contributed by atoms with E-state index in [2.05, 4.69) is 5.32 Å². The van der Waals surface area contributed by atoms with Crippen molar-refractivity contribution in [1.82, 2.24) is 14.5 Å². The Hall–Kier alpha value is -1.22. The van der Waals surface area contributed by atoms with E-state index in [1.807, 2.05) is 0 Å². The highest BCUT2D eigenvalue weighted by Gasteiger charge is 2.28. The number of benzene rings is 1. The molecular weight excluding hydrogens is 393 g/mol. The van der Waals surface area contributed by atoms with Gasteiger partial charge in [-0.05, 0) is 62.5 Å². The van der Waals surface area contributed by atoms with Crippen LogP contribution in [0.4, 0.5) is 4.39 Å². The summed E-state index contributed by atoms with van der Waals surface area (Å²) in [6.07, 6.45) is 3.14. The average Bonchev–Trinajstić information content (AvgIpc) is 3.01. The highest BCUT2D eigenvalue weighted by atomic mass is 35.5. The molecule has 2 aliphatic rings. The quantitative estimate of drug-likeness (QED) is 0.790. The summed E-state index contributed by atoms with van der Waals surface area (Å²) in [4.78, 5) is 14.3. The molecule has 1 aromatic rings. The molecule has 0 spiro atoms. The summed E-state index contributed by atoms with van der Waals surface area (Å²) < 4.78 is 39.9. The molecule has 0 bridgehead atoms. The molecular formula is C18H27ClFN3O3S. The Kier molecular flexibility index (Phi) is 8.03. The zero-order valence-electron chi connectivity index (χ0n) is 15.3. The lowest BCUT2D eigenvalue weighted by molar-refractivity contribution is -0.131. The van der Waals surface area contributed by atoms with Gasteiger partial charge in [0.2, 0.25) is 15.9 Å². The molecule has 27 heavy (non-hydrogen) atoms. The third-order valence-corrected chi connectivity index (χ3v) is 7.10. The number of carbonyl (C=O) groups excluding carboxylic acids is 1. The second-order valence-electron chi connectivity index (χ2n) is 6.99. The number of nitrogens with one attached hydrogen (secondary N) is 1. The van der Waals surface area contributed by atoms with Crippen LogP contribution in [0.3, 0.4) is 0 Å². The van der Waals surface area contributed by atoms with Crippen LogP contribution in [0.15, 0.2) is 29.2 Å². The van der Waals surface area contributed by atoms with Gasteiger partial charge in [-0.15, -0.1) is 12.4 Å². The van der Waals surface area contributed by atoms with E-state index in [0.717, 1.165) is 38.1 Å². The van der Waals surface area contributed by atoms with Crippen LogP contribution in [0.1, 0.15) is 25.7 Å². The van der Waals surface area contributed by atoms with E-state index in [1.165, 1.54) is 16.4 Å². The van der Waals surface area contributed by atoms with Gasteiger partial charge in [-0.2, -0.15) is 4.31 Å². The Balaban J connectivity index is 0.00000261. The standard InChI is InChI=1S/C18H26FN3O3S.ClH/c19-16-3-5-17(6-4-16)26(24,25)22-11-1-10-21(12-13-22)18(23)7-2-15-8-9-20-14-15;/h3-6,15,20H,1-2,7-14H2;1H. The van der Waals surface area contributed by atoms with Crippen LogP contribution < -0.4 is 5.32 Å². The van der Waals surface area contributed by atoms with Gasteiger partial charge in [0.15, 0.2) is 0 Å². The predicted molar refractivity (Wildman–Crippen MR) is 104 cm³/mol. The van der Waals surface area contributed by atoms with Crippen molar-refractivity contribution >= 4 is 28.3 Å². The van der Waals surface area contributed by atoms with Gasteiger partial charge in [0.1, 0.15) is 5.82 Å². The first-order valence-corrected chi connectivity index (χ1v) is 10.6. The summed E-state index contributed by atoms with van der Waals surface area (Å²) in [6, 6.07) is 4.87. The van der Waals surface area contributed by atoms with E-state index in [4.69, 9.17) is 0 Å². The second-order valence-corrected chi connectivity index (χ2v) is 8.93. The number of hydrogen-bond donors (Lipinski definition) is 1. The van der Waals surface area contributed by atoms with E-state index < -0.39 is 15.8 Å². The van der Waals surface area contributed by atoms with Crippen LogP contribution in [0.25, 0.3) is 0 Å². The SMILES string of the molecule is Cl.O=C(CCC1CCNC1)N1CCCN(S(=O)(=O)c2ccc(F)cc2)CC1. The molecule has 2 saturated heterocycles. The van der Waals surface area contributed by atoms with Gasteiger partial charge >= 0.3 is 0 Å². The first-order chi connectivity index (χ1) is 12.5. The smallest absolute Gasteiger partial charge is 0.243 e. The summed E-state index contributed by atoms with van der Waals surface area (Å²) in [7, 11) is -3.66. The van der Waals surface area contributed by atoms with Crippen molar-refractivity contribution in [1.29, 1.82) is 0 Å². The molecule has 1 aromatic carbocycles. The molecule has 0 saturated carbocycles. The minimum absolute atomic E-state index is 0. The van der Waals surface area contributed by atoms with Gasteiger partial charge in [0.25, 0.3) is 0 Å². The summed E-state index contributed by atoms with van der Waals surface area (Å²) in [5.41, 5.74) is 0. The molecule has 2 fully saturated rings. The van der Waals surface area contributed by atoms with Crippen LogP contribution in [0, 0.1) is 11.7 Å². The molecule has 1 amide bonds. The fourth-order valence-electron chi connectivity index (χ4n) is 3.59. The summed E-state index contributed by atoms with van der Waals surface area (Å²) >= 11 is 0. The fourth-order valence-corrected chi connectivity index (χ4v) is 5.06. The van der Waals surface area contributed by atoms with E-state index in [9.17, 15) is 17.6 Å². The van der Waals surface area contributed by atoms with Crippen molar-refractivity contribution in [3.8, 4) is 0 Å². The maximum Gasteiger partial charge on any atom is 0.243 e. The van der Waals surface area contributed by atoms with E-state index in [1.54, 1.807) is 4.90 Å². The largest absolute Gasteiger partial charge is 0.341 e. The van der Waals surface area contributed by atoms with Crippen LogP contribution in [-0.2, 0) is 14.8 Å². The molecule has 2 aliphatic heterocycles. The number of nitrogens with zero attached hydrogens (tertiary/aromatic N) is 2. The number of hydrogen-bond acceptors (Lipinski definition) is 4. The highest BCUT2D eigenvalue weighted by Crippen LogP contribution is 2.19. The van der Waals surface area contributed by atoms with Gasteiger partial charge in [0, 0.05) is 32.6 Å². The van der Waals surface area contributed by atoms with Crippen molar-refractivity contribution < 1.29 is 17.6 Å². The monoisotopic (exact) mass is 419 g/mol. The summed E-state index contributed by atoms with van der Waals surface area (Å²) in [5.74, 6) is 0.216. The van der Waals surface area contributed by atoms with E-state index in [-0.39, 0.29) is 29.8 Å². The average molecular weight is 420 g/mol. The lowest BCUT2D eigenvalue weighted by Crippen LogP contribution is -2.37. The second kappa shape index (κ2) is 9.82. The van der Waals surface area contributed by atoms with Crippen molar-refractivity contribution in [3.63, 3.8) is 0 Å². The van der Waals surface area contributed by atoms with E-state index in [0.29, 0.717) is 38.4 Å². The van der Waals surface area contributed by atoms with Gasteiger partial charge in [-0.25, -0.2) is 12.8 Å². The first kappa shape index (κ1) is 22.1. The topological polar surface area (TPSA) is 69.7 Å². The van der Waals surface area contributed by atoms with E-state index >= 15 is 0 Å². The number of halogens is 2. The molecule has 0 aromatic heterocycles. The molecule has 6 nitrogen and oxygen atoms in total. The normalized spacial score (nSPS) is 21.5. The Bertz CT molecular complexity index is 724. The first-order valence-electron chi connectivity index (χ1n) is 9.21. The predicted octanol–water partition coefficient (Wildman–Crippen LogP) is 1.86. The molecule has 3 rings (SSSR count). The Morgan fingerprint density at radius 3 is 2.56 bits per heavy atom. The van der Waals surface area contributed by atoms with Gasteiger partial charge in [-0.3, -0.25) is 4.79 Å². The molecule has 1 atom stereocenters. The lowest BCUT2D eigenvalue weighted by Gasteiger charge is -2.22. The zero-order valence-corrected chi connectivity index (χ0v) is 16.9.